The Balaban J connectivity index is 2.04. The van der Waals surface area contributed by atoms with Crippen LogP contribution in [-0.4, -0.2) is 21.4 Å². The lowest BCUT2D eigenvalue weighted by Gasteiger charge is -2.20. The van der Waals surface area contributed by atoms with E-state index in [-0.39, 0.29) is 17.1 Å². The molecule has 0 aliphatic carbocycles. The Bertz CT molecular complexity index is 618. The molecule has 110 valence electrons. The smallest absolute Gasteiger partial charge is 0.275 e. The summed E-state index contributed by atoms with van der Waals surface area (Å²) in [6, 6.07) is 7.34. The molecule has 0 saturated heterocycles. The van der Waals surface area contributed by atoms with Crippen LogP contribution in [0, 0.1) is 0 Å². The van der Waals surface area contributed by atoms with Crippen LogP contribution in [0.1, 0.15) is 31.3 Å². The topological polar surface area (TPSA) is 66.9 Å². The van der Waals surface area contributed by atoms with Gasteiger partial charge in [0, 0.05) is 15.7 Å². The normalized spacial score (nSPS) is 11.0. The van der Waals surface area contributed by atoms with Crippen molar-refractivity contribution in [3.05, 3.63) is 46.8 Å². The first kappa shape index (κ1) is 15.4. The summed E-state index contributed by atoms with van der Waals surface area (Å²) >= 11 is 3.35. The molecule has 21 heavy (non-hydrogen) atoms. The SMILES string of the molecule is CC(C)(C)Nc1cnc(C(=O)Nc2ccc(Br)cc2)cn1. The van der Waals surface area contributed by atoms with E-state index >= 15 is 0 Å². The zero-order chi connectivity index (χ0) is 15.5. The van der Waals surface area contributed by atoms with Crippen molar-refractivity contribution >= 4 is 33.3 Å². The number of nitrogens with one attached hydrogen (secondary N) is 2. The molecule has 0 aliphatic rings. The highest BCUT2D eigenvalue weighted by atomic mass is 79.9. The highest BCUT2D eigenvalue weighted by Gasteiger charge is 2.12. The first-order valence-corrected chi connectivity index (χ1v) is 7.30. The maximum atomic E-state index is 12.0. The number of nitrogens with zero attached hydrogens (tertiary/aromatic N) is 2. The minimum absolute atomic E-state index is 0.101. The molecule has 2 aromatic rings. The Labute approximate surface area is 132 Å². The number of amides is 1. The van der Waals surface area contributed by atoms with E-state index in [1.807, 2.05) is 45.0 Å². The molecule has 6 heteroatoms. The molecule has 0 radical (unpaired) electrons. The van der Waals surface area contributed by atoms with Gasteiger partial charge in [0.25, 0.3) is 5.91 Å². The van der Waals surface area contributed by atoms with Crippen LogP contribution >= 0.6 is 15.9 Å². The zero-order valence-corrected chi connectivity index (χ0v) is 13.7. The van der Waals surface area contributed by atoms with Gasteiger partial charge >= 0.3 is 0 Å². The van der Waals surface area contributed by atoms with Gasteiger partial charge in [-0.2, -0.15) is 0 Å². The molecule has 1 aromatic heterocycles. The van der Waals surface area contributed by atoms with Crippen molar-refractivity contribution in [3.8, 4) is 0 Å². The molecule has 0 bridgehead atoms. The van der Waals surface area contributed by atoms with Gasteiger partial charge in [-0.05, 0) is 45.0 Å². The van der Waals surface area contributed by atoms with Crippen LogP contribution in [0.25, 0.3) is 0 Å². The molecule has 1 aromatic carbocycles. The minimum atomic E-state index is -0.285. The van der Waals surface area contributed by atoms with Crippen LogP contribution in [0.15, 0.2) is 41.1 Å². The summed E-state index contributed by atoms with van der Waals surface area (Å²) in [7, 11) is 0. The Kier molecular flexibility index (Phi) is 4.57. The van der Waals surface area contributed by atoms with E-state index in [1.54, 1.807) is 6.20 Å². The van der Waals surface area contributed by atoms with Gasteiger partial charge in [-0.25, -0.2) is 9.97 Å². The van der Waals surface area contributed by atoms with E-state index in [9.17, 15) is 4.79 Å². The van der Waals surface area contributed by atoms with Crippen molar-refractivity contribution < 1.29 is 4.79 Å². The number of carbonyl (C=O) groups is 1. The van der Waals surface area contributed by atoms with Gasteiger partial charge in [-0.15, -0.1) is 0 Å². The zero-order valence-electron chi connectivity index (χ0n) is 12.1. The molecule has 0 saturated carbocycles. The second kappa shape index (κ2) is 6.22. The summed E-state index contributed by atoms with van der Waals surface area (Å²) in [5, 5.41) is 5.96. The molecule has 0 fully saturated rings. The molecule has 2 rings (SSSR count). The van der Waals surface area contributed by atoms with Crippen LogP contribution < -0.4 is 10.6 Å². The predicted octanol–water partition coefficient (Wildman–Crippen LogP) is 3.70. The van der Waals surface area contributed by atoms with E-state index in [2.05, 4.69) is 36.5 Å². The Morgan fingerprint density at radius 3 is 2.29 bits per heavy atom. The second-order valence-electron chi connectivity index (χ2n) is 5.62. The molecule has 2 N–H and O–H groups in total. The first-order valence-electron chi connectivity index (χ1n) is 6.51. The summed E-state index contributed by atoms with van der Waals surface area (Å²) in [6.07, 6.45) is 3.02. The van der Waals surface area contributed by atoms with Gasteiger partial charge in [0.05, 0.1) is 12.4 Å². The van der Waals surface area contributed by atoms with Crippen LogP contribution in [0.3, 0.4) is 0 Å². The van der Waals surface area contributed by atoms with Gasteiger partial charge in [-0.3, -0.25) is 4.79 Å². The summed E-state index contributed by atoms with van der Waals surface area (Å²) in [6.45, 7) is 6.09. The second-order valence-corrected chi connectivity index (χ2v) is 6.54. The lowest BCUT2D eigenvalue weighted by Crippen LogP contribution is -2.27. The van der Waals surface area contributed by atoms with E-state index in [0.29, 0.717) is 11.5 Å². The third kappa shape index (κ3) is 4.82. The average molecular weight is 349 g/mol. The van der Waals surface area contributed by atoms with Gasteiger partial charge in [0.2, 0.25) is 0 Å². The number of rotatable bonds is 3. The van der Waals surface area contributed by atoms with Crippen LogP contribution in [0.4, 0.5) is 11.5 Å². The fraction of sp³-hybridized carbons (Fsp3) is 0.267. The van der Waals surface area contributed by atoms with Crippen LogP contribution in [0.2, 0.25) is 0 Å². The van der Waals surface area contributed by atoms with Gasteiger partial charge in [0.1, 0.15) is 11.5 Å². The molecule has 0 unspecified atom stereocenters. The molecule has 0 aliphatic heterocycles. The van der Waals surface area contributed by atoms with Crippen LogP contribution in [-0.2, 0) is 0 Å². The Morgan fingerprint density at radius 2 is 1.76 bits per heavy atom. The fourth-order valence-corrected chi connectivity index (χ4v) is 1.89. The summed E-state index contributed by atoms with van der Waals surface area (Å²) in [4.78, 5) is 20.4. The predicted molar refractivity (Wildman–Crippen MR) is 87.5 cm³/mol. The molecule has 5 nitrogen and oxygen atoms in total. The average Bonchev–Trinajstić information content (AvgIpc) is 2.40. The lowest BCUT2D eigenvalue weighted by molar-refractivity contribution is 0.102. The number of carbonyl (C=O) groups excluding carboxylic acids is 1. The molecule has 1 amide bonds. The minimum Gasteiger partial charge on any atom is -0.364 e. The largest absolute Gasteiger partial charge is 0.364 e. The number of hydrogen-bond acceptors (Lipinski definition) is 4. The van der Waals surface area contributed by atoms with Crippen molar-refractivity contribution in [2.24, 2.45) is 0 Å². The van der Waals surface area contributed by atoms with Crippen molar-refractivity contribution in [1.29, 1.82) is 0 Å². The summed E-state index contributed by atoms with van der Waals surface area (Å²) < 4.78 is 0.956. The number of aromatic nitrogens is 2. The van der Waals surface area contributed by atoms with Gasteiger partial charge < -0.3 is 10.6 Å². The van der Waals surface area contributed by atoms with Crippen LogP contribution in [0.5, 0.6) is 0 Å². The standard InChI is InChI=1S/C15H17BrN4O/c1-15(2,3)20-13-9-17-12(8-18-13)14(21)19-11-6-4-10(16)5-7-11/h4-9H,1-3H3,(H,18,20)(H,19,21). The molecule has 0 atom stereocenters. The molecule has 0 spiro atoms. The van der Waals surface area contributed by atoms with E-state index < -0.39 is 0 Å². The monoisotopic (exact) mass is 348 g/mol. The molecular formula is C15H17BrN4O. The highest BCUT2D eigenvalue weighted by Crippen LogP contribution is 2.15. The third-order valence-electron chi connectivity index (χ3n) is 2.49. The quantitative estimate of drug-likeness (QED) is 0.887. The molecular weight excluding hydrogens is 332 g/mol. The number of hydrogen-bond donors (Lipinski definition) is 2. The van der Waals surface area contributed by atoms with Gasteiger partial charge in [0.15, 0.2) is 0 Å². The number of anilines is 2. The third-order valence-corrected chi connectivity index (χ3v) is 3.02. The summed E-state index contributed by atoms with van der Waals surface area (Å²) in [5.41, 5.74) is 0.884. The first-order chi connectivity index (χ1) is 9.83. The maximum absolute atomic E-state index is 12.0. The fourth-order valence-electron chi connectivity index (χ4n) is 1.62. The maximum Gasteiger partial charge on any atom is 0.275 e. The summed E-state index contributed by atoms with van der Waals surface area (Å²) in [5.74, 6) is 0.356. The van der Waals surface area contributed by atoms with Crippen molar-refractivity contribution in [2.75, 3.05) is 10.6 Å². The lowest BCUT2D eigenvalue weighted by atomic mass is 10.1. The van der Waals surface area contributed by atoms with E-state index in [4.69, 9.17) is 0 Å². The van der Waals surface area contributed by atoms with Gasteiger partial charge in [-0.1, -0.05) is 15.9 Å². The Morgan fingerprint density at radius 1 is 1.10 bits per heavy atom. The molecule has 1 heterocycles. The highest BCUT2D eigenvalue weighted by molar-refractivity contribution is 9.10. The Hall–Kier alpha value is -1.95. The number of halogens is 1. The van der Waals surface area contributed by atoms with Crippen molar-refractivity contribution in [1.82, 2.24) is 9.97 Å². The number of benzene rings is 1. The van der Waals surface area contributed by atoms with Crippen molar-refractivity contribution in [2.45, 2.75) is 26.3 Å². The van der Waals surface area contributed by atoms with E-state index in [0.717, 1.165) is 4.47 Å². The van der Waals surface area contributed by atoms with Crippen molar-refractivity contribution in [3.63, 3.8) is 0 Å². The van der Waals surface area contributed by atoms with E-state index in [1.165, 1.54) is 6.20 Å².